The van der Waals surface area contributed by atoms with Crippen LogP contribution in [0.2, 0.25) is 0 Å². The Balaban J connectivity index is 3.82. The van der Waals surface area contributed by atoms with E-state index in [9.17, 15) is 0 Å². The molecule has 0 bridgehead atoms. The Morgan fingerprint density at radius 3 is 1.44 bits per heavy atom. The molecule has 1 atom stereocenters. The molecule has 56 valence electrons. The molecule has 0 saturated heterocycles. The normalized spacial score (nSPS) is 13.3. The van der Waals surface area contributed by atoms with Crippen LogP contribution in [0.1, 0.15) is 0 Å². The van der Waals surface area contributed by atoms with Gasteiger partial charge in [-0.15, -0.1) is 0 Å². The minimum absolute atomic E-state index is 0.265. The lowest BCUT2D eigenvalue weighted by Gasteiger charge is -2.25. The van der Waals surface area contributed by atoms with E-state index >= 15 is 0 Å². The summed E-state index contributed by atoms with van der Waals surface area (Å²) in [7, 11) is 4.85. The van der Waals surface area contributed by atoms with Gasteiger partial charge in [0.05, 0.1) is 0 Å². The Morgan fingerprint density at radius 1 is 1.11 bits per heavy atom. The van der Waals surface area contributed by atoms with Gasteiger partial charge in [0.15, 0.2) is 0 Å². The fourth-order valence-electron chi connectivity index (χ4n) is 0.366. The molecule has 0 radical (unpaired) electrons. The number of halogens is 1. The van der Waals surface area contributed by atoms with E-state index in [-0.39, 0.29) is 7.28 Å². The van der Waals surface area contributed by atoms with Gasteiger partial charge in [0.2, 0.25) is 0 Å². The molecule has 0 heterocycles. The van der Waals surface area contributed by atoms with E-state index in [0.717, 1.165) is 0 Å². The van der Waals surface area contributed by atoms with Crippen molar-refractivity contribution in [2.24, 2.45) is 0 Å². The van der Waals surface area contributed by atoms with Gasteiger partial charge in [-0.05, 0) is 0 Å². The number of methoxy groups -OCH3 is 3. The third-order valence-corrected chi connectivity index (χ3v) is 3.22. The van der Waals surface area contributed by atoms with Crippen molar-refractivity contribution < 1.29 is 14.2 Å². The number of hydrogen-bond donors (Lipinski definition) is 0. The minimum atomic E-state index is -0.889. The fourth-order valence-corrected chi connectivity index (χ4v) is 2.05. The van der Waals surface area contributed by atoms with Crippen molar-refractivity contribution in [1.82, 2.24) is 0 Å². The predicted octanol–water partition coefficient (Wildman–Crippen LogP) is 1.53. The van der Waals surface area contributed by atoms with E-state index in [1.165, 1.54) is 21.3 Å². The van der Waals surface area contributed by atoms with Crippen molar-refractivity contribution in [3.63, 3.8) is 0 Å². The second-order valence-electron chi connectivity index (χ2n) is 1.26. The first-order valence-corrected chi connectivity index (χ1v) is 5.53. The van der Waals surface area contributed by atoms with Crippen LogP contribution in [-0.4, -0.2) is 27.0 Å². The Kier molecular flexibility index (Phi) is 4.98. The second-order valence-corrected chi connectivity index (χ2v) is 3.25. The molecule has 5 heteroatoms. The van der Waals surface area contributed by atoms with Crippen LogP contribution in [0.25, 0.3) is 0 Å². The molecule has 0 aliphatic heterocycles. The molecule has 1 unspecified atom stereocenters. The SMILES string of the molecule is COC(OC)(OC)PBr. The summed E-state index contributed by atoms with van der Waals surface area (Å²) in [6.45, 7) is 0. The molecule has 0 rings (SSSR count). The lowest BCUT2D eigenvalue weighted by Crippen LogP contribution is -2.28. The van der Waals surface area contributed by atoms with Gasteiger partial charge < -0.3 is 14.2 Å². The Morgan fingerprint density at radius 2 is 1.44 bits per heavy atom. The average Bonchev–Trinajstić information content (AvgIpc) is 1.95. The van der Waals surface area contributed by atoms with Gasteiger partial charge in [-0.3, -0.25) is 0 Å². The van der Waals surface area contributed by atoms with Crippen molar-refractivity contribution in [3.05, 3.63) is 0 Å². The van der Waals surface area contributed by atoms with Crippen LogP contribution in [0.4, 0.5) is 0 Å². The van der Waals surface area contributed by atoms with E-state index in [0.29, 0.717) is 0 Å². The highest BCUT2D eigenvalue weighted by molar-refractivity contribution is 9.36. The smallest absolute Gasteiger partial charge is 0.308 e. The number of ether oxygens (including phenoxy) is 3. The van der Waals surface area contributed by atoms with Gasteiger partial charge in [-0.25, -0.2) is 0 Å². The molecular formula is C4H10BrO3P. The summed E-state index contributed by atoms with van der Waals surface area (Å²) in [6.07, 6.45) is 0. The molecular weight excluding hydrogens is 207 g/mol. The van der Waals surface area contributed by atoms with E-state index < -0.39 is 5.71 Å². The zero-order valence-corrected chi connectivity index (χ0v) is 8.19. The third kappa shape index (κ3) is 2.48. The summed E-state index contributed by atoms with van der Waals surface area (Å²) in [5, 5.41) is 0. The van der Waals surface area contributed by atoms with Crippen LogP contribution in [0.5, 0.6) is 0 Å². The molecule has 0 aliphatic rings. The fraction of sp³-hybridized carbons (Fsp3) is 1.00. The standard InChI is InChI=1S/C4H10BrO3P/c1-6-4(7-2,8-3)9-5/h9H,1-3H3. The van der Waals surface area contributed by atoms with Crippen molar-refractivity contribution in [1.29, 1.82) is 0 Å². The quantitative estimate of drug-likeness (QED) is 0.527. The summed E-state index contributed by atoms with van der Waals surface area (Å²) in [5.41, 5.74) is -0.889. The first kappa shape index (κ1) is 9.79. The number of rotatable bonds is 4. The summed E-state index contributed by atoms with van der Waals surface area (Å²) in [5.74, 6) is 0. The molecule has 0 aliphatic carbocycles. The van der Waals surface area contributed by atoms with Crippen molar-refractivity contribution in [2.75, 3.05) is 21.3 Å². The van der Waals surface area contributed by atoms with E-state index in [1.54, 1.807) is 0 Å². The molecule has 0 fully saturated rings. The molecule has 0 amide bonds. The highest BCUT2D eigenvalue weighted by Crippen LogP contribution is 2.39. The largest absolute Gasteiger partial charge is 0.327 e. The van der Waals surface area contributed by atoms with Crippen molar-refractivity contribution >= 4 is 22.8 Å². The maximum atomic E-state index is 4.91. The van der Waals surface area contributed by atoms with Gasteiger partial charge >= 0.3 is 5.71 Å². The van der Waals surface area contributed by atoms with Crippen LogP contribution < -0.4 is 0 Å². The zero-order chi connectivity index (χ0) is 7.33. The molecule has 0 aromatic carbocycles. The molecule has 3 nitrogen and oxygen atoms in total. The van der Waals surface area contributed by atoms with E-state index in [1.807, 2.05) is 0 Å². The summed E-state index contributed by atoms with van der Waals surface area (Å²) in [4.78, 5) is 0. The Hall–Kier alpha value is 0.790. The predicted molar refractivity (Wildman–Crippen MR) is 41.0 cm³/mol. The van der Waals surface area contributed by atoms with Gasteiger partial charge in [0, 0.05) is 28.6 Å². The van der Waals surface area contributed by atoms with Crippen LogP contribution >= 0.6 is 22.8 Å². The molecule has 0 N–H and O–H groups in total. The lowest BCUT2D eigenvalue weighted by molar-refractivity contribution is -0.286. The summed E-state index contributed by atoms with van der Waals surface area (Å²) in [6, 6.07) is 0. The van der Waals surface area contributed by atoms with Crippen LogP contribution in [0.15, 0.2) is 0 Å². The Labute approximate surface area is 64.6 Å². The minimum Gasteiger partial charge on any atom is -0.327 e. The summed E-state index contributed by atoms with van der Waals surface area (Å²) >= 11 is 3.21. The first-order chi connectivity index (χ1) is 4.24. The van der Waals surface area contributed by atoms with Gasteiger partial charge in [-0.2, -0.15) is 0 Å². The summed E-state index contributed by atoms with van der Waals surface area (Å²) < 4.78 is 14.7. The topological polar surface area (TPSA) is 27.7 Å². The van der Waals surface area contributed by atoms with Crippen LogP contribution in [0.3, 0.4) is 0 Å². The van der Waals surface area contributed by atoms with E-state index in [2.05, 4.69) is 15.5 Å². The van der Waals surface area contributed by atoms with Gasteiger partial charge in [0.1, 0.15) is 0 Å². The molecule has 9 heavy (non-hydrogen) atoms. The molecule has 0 aromatic heterocycles. The Bertz CT molecular complexity index is 58.7. The van der Waals surface area contributed by atoms with Crippen molar-refractivity contribution in [2.45, 2.75) is 5.71 Å². The number of hydrogen-bond acceptors (Lipinski definition) is 3. The maximum absolute atomic E-state index is 4.91. The van der Waals surface area contributed by atoms with E-state index in [4.69, 9.17) is 14.2 Å². The average molecular weight is 217 g/mol. The molecule has 0 aromatic rings. The highest BCUT2D eigenvalue weighted by atomic mass is 79.9. The molecule has 0 spiro atoms. The lowest BCUT2D eigenvalue weighted by atomic mass is 11.1. The maximum Gasteiger partial charge on any atom is 0.308 e. The van der Waals surface area contributed by atoms with Crippen LogP contribution in [0, 0.1) is 0 Å². The first-order valence-electron chi connectivity index (χ1n) is 2.28. The highest BCUT2D eigenvalue weighted by Gasteiger charge is 2.27. The van der Waals surface area contributed by atoms with Crippen molar-refractivity contribution in [3.8, 4) is 0 Å². The monoisotopic (exact) mass is 216 g/mol. The van der Waals surface area contributed by atoms with Crippen LogP contribution in [-0.2, 0) is 14.2 Å². The van der Waals surface area contributed by atoms with Gasteiger partial charge in [0.25, 0.3) is 0 Å². The molecule has 0 saturated carbocycles. The zero-order valence-electron chi connectivity index (χ0n) is 5.60. The second kappa shape index (κ2) is 4.58. The van der Waals surface area contributed by atoms with Gasteiger partial charge in [-0.1, -0.05) is 15.5 Å². The third-order valence-electron chi connectivity index (χ3n) is 0.922.